The van der Waals surface area contributed by atoms with E-state index in [-0.39, 0.29) is 16.7 Å². The summed E-state index contributed by atoms with van der Waals surface area (Å²) in [5, 5.41) is 9.28. The van der Waals surface area contributed by atoms with E-state index in [4.69, 9.17) is 4.74 Å². The number of benzene rings is 1. The lowest BCUT2D eigenvalue weighted by Crippen LogP contribution is -2.44. The summed E-state index contributed by atoms with van der Waals surface area (Å²) in [4.78, 5) is 27.0. The molecule has 1 atom stereocenters. The van der Waals surface area contributed by atoms with Crippen LogP contribution in [-0.2, 0) is 16.6 Å². The predicted octanol–water partition coefficient (Wildman–Crippen LogP) is 0.921. The lowest BCUT2D eigenvalue weighted by molar-refractivity contribution is -0.134. The number of aromatic nitrogens is 4. The Kier molecular flexibility index (Phi) is 4.41. The van der Waals surface area contributed by atoms with Gasteiger partial charge >= 0.3 is 0 Å². The normalized spacial score (nSPS) is 16.3. The molecule has 1 aliphatic rings. The summed E-state index contributed by atoms with van der Waals surface area (Å²) in [6, 6.07) is 7.36. The van der Waals surface area contributed by atoms with Crippen molar-refractivity contribution in [3.05, 3.63) is 34.6 Å². The van der Waals surface area contributed by atoms with Crippen LogP contribution in [0.3, 0.4) is 0 Å². The van der Waals surface area contributed by atoms with E-state index in [9.17, 15) is 9.59 Å². The average Bonchev–Trinajstić information content (AvgIpc) is 3.10. The highest BCUT2D eigenvalue weighted by molar-refractivity contribution is 8.00. The maximum absolute atomic E-state index is 12.7. The topological polar surface area (TPSA) is 81.7 Å². The molecule has 8 nitrogen and oxygen atoms in total. The lowest BCUT2D eigenvalue weighted by Gasteiger charge is -2.28. The third-order valence-corrected chi connectivity index (χ3v) is 5.58. The standard InChI is InChI=1S/C17H19N5O3S/c1-11(14(23)21-7-9-25-10-8-21)26-17-19-18-16-20(2)15(24)12-5-3-4-6-13(12)22(16)17/h3-6,11H,7-10H2,1-2H3. The zero-order valence-corrected chi connectivity index (χ0v) is 15.4. The van der Waals surface area contributed by atoms with Gasteiger partial charge in [0.05, 0.1) is 29.4 Å². The fourth-order valence-electron chi connectivity index (χ4n) is 3.14. The number of hydrogen-bond acceptors (Lipinski definition) is 6. The highest BCUT2D eigenvalue weighted by atomic mass is 32.2. The molecule has 0 aliphatic carbocycles. The van der Waals surface area contributed by atoms with Gasteiger partial charge in [-0.15, -0.1) is 10.2 Å². The van der Waals surface area contributed by atoms with Crippen molar-refractivity contribution in [3.8, 4) is 0 Å². The Labute approximate surface area is 153 Å². The van der Waals surface area contributed by atoms with Gasteiger partial charge in [-0.1, -0.05) is 23.9 Å². The monoisotopic (exact) mass is 373 g/mol. The summed E-state index contributed by atoms with van der Waals surface area (Å²) in [5.41, 5.74) is 0.624. The van der Waals surface area contributed by atoms with Gasteiger partial charge < -0.3 is 9.64 Å². The Hall–Kier alpha value is -2.39. The van der Waals surface area contributed by atoms with Crippen LogP contribution in [0.4, 0.5) is 0 Å². The van der Waals surface area contributed by atoms with Crippen LogP contribution in [0.2, 0.25) is 0 Å². The van der Waals surface area contributed by atoms with Crippen LogP contribution in [-0.4, -0.2) is 61.5 Å². The first-order chi connectivity index (χ1) is 12.6. The van der Waals surface area contributed by atoms with Gasteiger partial charge in [0.25, 0.3) is 5.56 Å². The number of carbonyl (C=O) groups is 1. The summed E-state index contributed by atoms with van der Waals surface area (Å²) in [7, 11) is 1.68. The molecule has 2 aromatic heterocycles. The Morgan fingerprint density at radius 3 is 2.73 bits per heavy atom. The smallest absolute Gasteiger partial charge is 0.262 e. The molecule has 136 valence electrons. The Balaban J connectivity index is 1.73. The maximum atomic E-state index is 12.7. The molecule has 0 saturated carbocycles. The fourth-order valence-corrected chi connectivity index (χ4v) is 4.08. The van der Waals surface area contributed by atoms with E-state index < -0.39 is 0 Å². The van der Waals surface area contributed by atoms with Crippen molar-refractivity contribution in [1.29, 1.82) is 0 Å². The molecular formula is C17H19N5O3S. The highest BCUT2D eigenvalue weighted by Gasteiger charge is 2.25. The molecule has 1 amide bonds. The minimum atomic E-state index is -0.309. The van der Waals surface area contributed by atoms with Gasteiger partial charge in [0.2, 0.25) is 11.7 Å². The van der Waals surface area contributed by atoms with Crippen molar-refractivity contribution < 1.29 is 9.53 Å². The molecular weight excluding hydrogens is 354 g/mol. The van der Waals surface area contributed by atoms with Gasteiger partial charge in [-0.05, 0) is 19.1 Å². The minimum Gasteiger partial charge on any atom is -0.378 e. The van der Waals surface area contributed by atoms with Crippen LogP contribution in [0.15, 0.2) is 34.2 Å². The maximum Gasteiger partial charge on any atom is 0.262 e. The number of thioether (sulfide) groups is 1. The van der Waals surface area contributed by atoms with Gasteiger partial charge in [-0.25, -0.2) is 0 Å². The molecule has 1 fully saturated rings. The van der Waals surface area contributed by atoms with Crippen LogP contribution in [0.1, 0.15) is 6.92 Å². The van der Waals surface area contributed by atoms with Crippen molar-refractivity contribution in [2.24, 2.45) is 7.05 Å². The average molecular weight is 373 g/mol. The van der Waals surface area contributed by atoms with Crippen molar-refractivity contribution in [1.82, 2.24) is 24.1 Å². The number of hydrogen-bond donors (Lipinski definition) is 0. The van der Waals surface area contributed by atoms with Crippen molar-refractivity contribution in [3.63, 3.8) is 0 Å². The number of para-hydroxylation sites is 1. The number of carbonyl (C=O) groups excluding carboxylic acids is 1. The van der Waals surface area contributed by atoms with Crippen molar-refractivity contribution in [2.75, 3.05) is 26.3 Å². The van der Waals surface area contributed by atoms with E-state index in [2.05, 4.69) is 10.2 Å². The number of morpholine rings is 1. The predicted molar refractivity (Wildman–Crippen MR) is 98.5 cm³/mol. The largest absolute Gasteiger partial charge is 0.378 e. The van der Waals surface area contributed by atoms with E-state index in [1.807, 2.05) is 34.4 Å². The Bertz CT molecular complexity index is 1040. The number of amides is 1. The molecule has 4 rings (SSSR count). The van der Waals surface area contributed by atoms with Gasteiger partial charge in [-0.3, -0.25) is 18.6 Å². The highest BCUT2D eigenvalue weighted by Crippen LogP contribution is 2.26. The SMILES string of the molecule is CC(Sc1nnc2n(C)c(=O)c3ccccc3n12)C(=O)N1CCOCC1. The molecule has 3 aromatic rings. The van der Waals surface area contributed by atoms with Gasteiger partial charge in [0.1, 0.15) is 0 Å². The van der Waals surface area contributed by atoms with Crippen LogP contribution < -0.4 is 5.56 Å². The second-order valence-electron chi connectivity index (χ2n) is 6.20. The minimum absolute atomic E-state index is 0.0594. The summed E-state index contributed by atoms with van der Waals surface area (Å²) in [6.07, 6.45) is 0. The number of ether oxygens (including phenoxy) is 1. The van der Waals surface area contributed by atoms with Crippen molar-refractivity contribution in [2.45, 2.75) is 17.3 Å². The van der Waals surface area contributed by atoms with Crippen LogP contribution in [0, 0.1) is 0 Å². The Morgan fingerprint density at radius 1 is 1.23 bits per heavy atom. The van der Waals surface area contributed by atoms with E-state index >= 15 is 0 Å². The second-order valence-corrected chi connectivity index (χ2v) is 7.50. The molecule has 0 radical (unpaired) electrons. The first-order valence-corrected chi connectivity index (χ1v) is 9.32. The van der Waals surface area contributed by atoms with E-state index in [1.165, 1.54) is 16.3 Å². The Morgan fingerprint density at radius 2 is 1.96 bits per heavy atom. The number of aryl methyl sites for hydroxylation is 1. The molecule has 1 aliphatic heterocycles. The molecule has 1 saturated heterocycles. The van der Waals surface area contributed by atoms with Gasteiger partial charge in [-0.2, -0.15) is 0 Å². The summed E-state index contributed by atoms with van der Waals surface area (Å²) in [6.45, 7) is 4.24. The number of fused-ring (bicyclic) bond motifs is 3. The molecule has 9 heteroatoms. The summed E-state index contributed by atoms with van der Waals surface area (Å²) < 4.78 is 8.62. The lowest BCUT2D eigenvalue weighted by atomic mass is 10.2. The third kappa shape index (κ3) is 2.77. The first kappa shape index (κ1) is 17.0. The number of nitrogens with zero attached hydrogens (tertiary/aromatic N) is 5. The van der Waals surface area contributed by atoms with E-state index in [0.29, 0.717) is 42.6 Å². The van der Waals surface area contributed by atoms with E-state index in [1.54, 1.807) is 13.1 Å². The van der Waals surface area contributed by atoms with Crippen molar-refractivity contribution >= 4 is 34.3 Å². The van der Waals surface area contributed by atoms with Crippen LogP contribution >= 0.6 is 11.8 Å². The second kappa shape index (κ2) is 6.73. The van der Waals surface area contributed by atoms with Crippen LogP contribution in [0.5, 0.6) is 0 Å². The molecule has 1 unspecified atom stereocenters. The van der Waals surface area contributed by atoms with Gasteiger partial charge in [0.15, 0.2) is 5.16 Å². The van der Waals surface area contributed by atoms with E-state index in [0.717, 1.165) is 5.52 Å². The quantitative estimate of drug-likeness (QED) is 0.635. The van der Waals surface area contributed by atoms with Crippen LogP contribution in [0.25, 0.3) is 16.7 Å². The zero-order chi connectivity index (χ0) is 18.3. The fraction of sp³-hybridized carbons (Fsp3) is 0.412. The van der Waals surface area contributed by atoms with Gasteiger partial charge in [0, 0.05) is 20.1 Å². The molecule has 0 spiro atoms. The molecule has 3 heterocycles. The molecule has 0 bridgehead atoms. The summed E-state index contributed by atoms with van der Waals surface area (Å²) in [5.74, 6) is 0.520. The number of rotatable bonds is 3. The third-order valence-electron chi connectivity index (χ3n) is 4.55. The molecule has 26 heavy (non-hydrogen) atoms. The summed E-state index contributed by atoms with van der Waals surface area (Å²) >= 11 is 1.35. The first-order valence-electron chi connectivity index (χ1n) is 8.44. The molecule has 1 aromatic carbocycles. The zero-order valence-electron chi connectivity index (χ0n) is 14.6. The molecule has 0 N–H and O–H groups in total.